The van der Waals surface area contributed by atoms with Gasteiger partial charge < -0.3 is 4.74 Å². The summed E-state index contributed by atoms with van der Waals surface area (Å²) in [6.07, 6.45) is 5.92. The van der Waals surface area contributed by atoms with Gasteiger partial charge in [-0.25, -0.2) is 0 Å². The summed E-state index contributed by atoms with van der Waals surface area (Å²) >= 11 is 6.06. The minimum absolute atomic E-state index is 0.692. The summed E-state index contributed by atoms with van der Waals surface area (Å²) in [6.45, 7) is 0. The number of rotatable bonds is 2. The van der Waals surface area contributed by atoms with E-state index in [9.17, 15) is 0 Å². The van der Waals surface area contributed by atoms with E-state index in [-0.39, 0.29) is 0 Å². The Kier molecular flexibility index (Phi) is 2.78. The van der Waals surface area contributed by atoms with Crippen LogP contribution in [0.5, 0.6) is 5.75 Å². The van der Waals surface area contributed by atoms with Crippen LogP contribution in [0.1, 0.15) is 24.8 Å². The summed E-state index contributed by atoms with van der Waals surface area (Å²) in [5.74, 6) is 0.744. The predicted octanol–water partition coefficient (Wildman–Crippen LogP) is 3.92. The maximum Gasteiger partial charge on any atom is 0.137 e. The average molecular weight is 209 g/mol. The maximum atomic E-state index is 6.06. The van der Waals surface area contributed by atoms with Gasteiger partial charge in [0.2, 0.25) is 0 Å². The summed E-state index contributed by atoms with van der Waals surface area (Å²) in [5, 5.41) is 0.692. The standard InChI is InChI=1S/C12H13ClO/c1-14-12-7-6-10(8-11(12)13)9-4-2-3-5-9/h4,6-8H,2-3,5H2,1H3. The molecule has 0 aliphatic heterocycles. The second kappa shape index (κ2) is 4.05. The lowest BCUT2D eigenvalue weighted by Crippen LogP contribution is -1.86. The number of hydrogen-bond donors (Lipinski definition) is 0. The largest absolute Gasteiger partial charge is 0.495 e. The van der Waals surface area contributed by atoms with Crippen LogP contribution in [0.25, 0.3) is 5.57 Å². The van der Waals surface area contributed by atoms with Gasteiger partial charge in [-0.2, -0.15) is 0 Å². The Hall–Kier alpha value is -0.950. The smallest absolute Gasteiger partial charge is 0.137 e. The lowest BCUT2D eigenvalue weighted by atomic mass is 10.1. The third kappa shape index (κ3) is 1.78. The number of halogens is 1. The zero-order chi connectivity index (χ0) is 9.97. The van der Waals surface area contributed by atoms with Crippen molar-refractivity contribution in [3.8, 4) is 5.75 Å². The van der Waals surface area contributed by atoms with E-state index in [1.54, 1.807) is 7.11 Å². The van der Waals surface area contributed by atoms with Gasteiger partial charge in [0, 0.05) is 0 Å². The van der Waals surface area contributed by atoms with E-state index in [4.69, 9.17) is 16.3 Å². The van der Waals surface area contributed by atoms with Crippen molar-refractivity contribution in [1.82, 2.24) is 0 Å². The van der Waals surface area contributed by atoms with Crippen molar-refractivity contribution >= 4 is 17.2 Å². The third-order valence-electron chi connectivity index (χ3n) is 2.56. The van der Waals surface area contributed by atoms with Crippen LogP contribution < -0.4 is 4.74 Å². The molecule has 14 heavy (non-hydrogen) atoms. The molecule has 1 aromatic carbocycles. The molecule has 0 radical (unpaired) electrons. The molecule has 0 heterocycles. The highest BCUT2D eigenvalue weighted by atomic mass is 35.5. The molecule has 1 aliphatic rings. The topological polar surface area (TPSA) is 9.23 Å². The Bertz CT molecular complexity index is 369. The first-order valence-electron chi connectivity index (χ1n) is 4.84. The van der Waals surface area contributed by atoms with E-state index in [2.05, 4.69) is 12.1 Å². The molecule has 0 saturated carbocycles. The summed E-state index contributed by atoms with van der Waals surface area (Å²) < 4.78 is 5.11. The molecule has 0 N–H and O–H groups in total. The van der Waals surface area contributed by atoms with Crippen molar-refractivity contribution < 1.29 is 4.74 Å². The Morgan fingerprint density at radius 3 is 2.79 bits per heavy atom. The molecule has 0 amide bonds. The van der Waals surface area contributed by atoms with Gasteiger partial charge in [0.05, 0.1) is 12.1 Å². The number of hydrogen-bond acceptors (Lipinski definition) is 1. The minimum atomic E-state index is 0.692. The lowest BCUT2D eigenvalue weighted by Gasteiger charge is -2.06. The van der Waals surface area contributed by atoms with Crippen molar-refractivity contribution in [1.29, 1.82) is 0 Å². The molecule has 0 aromatic heterocycles. The molecule has 0 fully saturated rings. The zero-order valence-electron chi connectivity index (χ0n) is 8.22. The SMILES string of the molecule is COc1ccc(C2=CCCC2)cc1Cl. The molecular formula is C12H13ClO. The zero-order valence-corrected chi connectivity index (χ0v) is 8.97. The Balaban J connectivity index is 2.32. The fourth-order valence-corrected chi connectivity index (χ4v) is 2.06. The van der Waals surface area contributed by atoms with Gasteiger partial charge in [-0.1, -0.05) is 23.7 Å². The molecule has 0 spiro atoms. The molecule has 1 aliphatic carbocycles. The average Bonchev–Trinajstić information content (AvgIpc) is 2.70. The Labute approximate surface area is 89.3 Å². The molecule has 2 heteroatoms. The fourth-order valence-electron chi connectivity index (χ4n) is 1.80. The highest BCUT2D eigenvalue weighted by Crippen LogP contribution is 2.32. The fraction of sp³-hybridized carbons (Fsp3) is 0.333. The monoisotopic (exact) mass is 208 g/mol. The summed E-state index contributed by atoms with van der Waals surface area (Å²) in [7, 11) is 1.63. The second-order valence-electron chi connectivity index (χ2n) is 3.47. The van der Waals surface area contributed by atoms with E-state index < -0.39 is 0 Å². The van der Waals surface area contributed by atoms with Crippen LogP contribution >= 0.6 is 11.6 Å². The van der Waals surface area contributed by atoms with Gasteiger partial charge >= 0.3 is 0 Å². The molecule has 1 aromatic rings. The van der Waals surface area contributed by atoms with E-state index in [1.165, 1.54) is 30.4 Å². The van der Waals surface area contributed by atoms with Crippen molar-refractivity contribution in [3.63, 3.8) is 0 Å². The van der Waals surface area contributed by atoms with E-state index in [0.29, 0.717) is 5.02 Å². The first-order valence-corrected chi connectivity index (χ1v) is 5.22. The molecule has 0 saturated heterocycles. The molecule has 0 bridgehead atoms. The maximum absolute atomic E-state index is 6.06. The number of ether oxygens (including phenoxy) is 1. The van der Waals surface area contributed by atoms with E-state index >= 15 is 0 Å². The van der Waals surface area contributed by atoms with Crippen LogP contribution in [0.3, 0.4) is 0 Å². The van der Waals surface area contributed by atoms with Crippen LogP contribution in [-0.4, -0.2) is 7.11 Å². The van der Waals surface area contributed by atoms with Crippen LogP contribution in [0.4, 0.5) is 0 Å². The summed E-state index contributed by atoms with van der Waals surface area (Å²) in [4.78, 5) is 0. The molecule has 2 rings (SSSR count). The van der Waals surface area contributed by atoms with E-state index in [1.807, 2.05) is 12.1 Å². The Morgan fingerprint density at radius 1 is 1.36 bits per heavy atom. The molecule has 0 unspecified atom stereocenters. The number of methoxy groups -OCH3 is 1. The number of allylic oxidation sites excluding steroid dienone is 2. The van der Waals surface area contributed by atoms with Crippen molar-refractivity contribution in [2.75, 3.05) is 7.11 Å². The van der Waals surface area contributed by atoms with Crippen LogP contribution in [0.2, 0.25) is 5.02 Å². The molecule has 1 nitrogen and oxygen atoms in total. The molecular weight excluding hydrogens is 196 g/mol. The van der Waals surface area contributed by atoms with Gasteiger partial charge in [0.1, 0.15) is 5.75 Å². The molecule has 74 valence electrons. The van der Waals surface area contributed by atoms with Crippen molar-refractivity contribution in [2.24, 2.45) is 0 Å². The summed E-state index contributed by atoms with van der Waals surface area (Å²) in [6, 6.07) is 5.98. The van der Waals surface area contributed by atoms with Gasteiger partial charge in [-0.3, -0.25) is 0 Å². The Morgan fingerprint density at radius 2 is 2.21 bits per heavy atom. The number of benzene rings is 1. The van der Waals surface area contributed by atoms with Gasteiger partial charge in [0.15, 0.2) is 0 Å². The minimum Gasteiger partial charge on any atom is -0.495 e. The summed E-state index contributed by atoms with van der Waals surface area (Å²) in [5.41, 5.74) is 2.64. The van der Waals surface area contributed by atoms with Crippen molar-refractivity contribution in [2.45, 2.75) is 19.3 Å². The highest BCUT2D eigenvalue weighted by molar-refractivity contribution is 6.32. The van der Waals surface area contributed by atoms with Gasteiger partial charge in [-0.05, 0) is 42.5 Å². The first kappa shape index (κ1) is 9.60. The normalized spacial score (nSPS) is 15.4. The quantitative estimate of drug-likeness (QED) is 0.716. The first-order chi connectivity index (χ1) is 6.81. The third-order valence-corrected chi connectivity index (χ3v) is 2.86. The van der Waals surface area contributed by atoms with Crippen molar-refractivity contribution in [3.05, 3.63) is 34.9 Å². The van der Waals surface area contributed by atoms with Gasteiger partial charge in [-0.15, -0.1) is 0 Å². The van der Waals surface area contributed by atoms with Gasteiger partial charge in [0.25, 0.3) is 0 Å². The van der Waals surface area contributed by atoms with Crippen LogP contribution in [0, 0.1) is 0 Å². The predicted molar refractivity (Wildman–Crippen MR) is 59.8 cm³/mol. The van der Waals surface area contributed by atoms with Crippen LogP contribution in [0.15, 0.2) is 24.3 Å². The van der Waals surface area contributed by atoms with Crippen LogP contribution in [-0.2, 0) is 0 Å². The highest BCUT2D eigenvalue weighted by Gasteiger charge is 2.09. The lowest BCUT2D eigenvalue weighted by molar-refractivity contribution is 0.415. The molecule has 0 atom stereocenters. The van der Waals surface area contributed by atoms with E-state index in [0.717, 1.165) is 5.75 Å². The second-order valence-corrected chi connectivity index (χ2v) is 3.88.